The van der Waals surface area contributed by atoms with Gasteiger partial charge in [-0.1, -0.05) is 0 Å². The molecule has 0 aliphatic heterocycles. The van der Waals surface area contributed by atoms with E-state index in [1.807, 2.05) is 18.2 Å². The molecular formula is C11H12N2O2. The molecule has 0 aliphatic rings. The Morgan fingerprint density at radius 1 is 1.73 bits per heavy atom. The molecule has 0 atom stereocenters. The summed E-state index contributed by atoms with van der Waals surface area (Å²) in [6, 6.07) is 5.68. The van der Waals surface area contributed by atoms with Gasteiger partial charge in [0.1, 0.15) is 6.54 Å². The van der Waals surface area contributed by atoms with E-state index >= 15 is 0 Å². The maximum atomic E-state index is 11.0. The second kappa shape index (κ2) is 5.66. The van der Waals surface area contributed by atoms with Crippen molar-refractivity contribution in [3.05, 3.63) is 30.1 Å². The number of carbonyl (C=O) groups excluding carboxylic acids is 1. The molecule has 78 valence electrons. The summed E-state index contributed by atoms with van der Waals surface area (Å²) in [6.07, 6.45) is 4.77. The van der Waals surface area contributed by atoms with Crippen LogP contribution in [0.1, 0.15) is 12.6 Å². The van der Waals surface area contributed by atoms with Crippen molar-refractivity contribution < 1.29 is 9.53 Å². The van der Waals surface area contributed by atoms with E-state index in [4.69, 9.17) is 10.00 Å². The Balaban J connectivity index is 2.68. The quantitative estimate of drug-likeness (QED) is 0.552. The van der Waals surface area contributed by atoms with Crippen molar-refractivity contribution in [3.8, 4) is 6.07 Å². The topological polar surface area (TPSA) is 55.0 Å². The molecule has 0 aromatic carbocycles. The van der Waals surface area contributed by atoms with Crippen molar-refractivity contribution in [2.24, 2.45) is 0 Å². The maximum absolute atomic E-state index is 11.0. The van der Waals surface area contributed by atoms with Crippen LogP contribution < -0.4 is 0 Å². The summed E-state index contributed by atoms with van der Waals surface area (Å²) in [6.45, 7) is 2.39. The van der Waals surface area contributed by atoms with Crippen LogP contribution in [0.2, 0.25) is 0 Å². The van der Waals surface area contributed by atoms with Gasteiger partial charge in [-0.3, -0.25) is 0 Å². The van der Waals surface area contributed by atoms with E-state index in [0.717, 1.165) is 5.69 Å². The molecule has 4 heteroatoms. The van der Waals surface area contributed by atoms with Gasteiger partial charge in [0.15, 0.2) is 0 Å². The van der Waals surface area contributed by atoms with Gasteiger partial charge in [-0.15, -0.1) is 0 Å². The van der Waals surface area contributed by atoms with Gasteiger partial charge in [0.2, 0.25) is 0 Å². The summed E-state index contributed by atoms with van der Waals surface area (Å²) < 4.78 is 6.49. The van der Waals surface area contributed by atoms with Crippen LogP contribution in [0.3, 0.4) is 0 Å². The summed E-state index contributed by atoms with van der Waals surface area (Å²) in [7, 11) is 0. The first-order valence-corrected chi connectivity index (χ1v) is 4.65. The van der Waals surface area contributed by atoms with Crippen LogP contribution in [0.25, 0.3) is 6.08 Å². The zero-order valence-electron chi connectivity index (χ0n) is 8.51. The van der Waals surface area contributed by atoms with Gasteiger partial charge in [0, 0.05) is 18.0 Å². The molecule has 1 aromatic rings. The van der Waals surface area contributed by atoms with Crippen LogP contribution in [0, 0.1) is 11.3 Å². The lowest BCUT2D eigenvalue weighted by Gasteiger charge is -1.99. The average molecular weight is 204 g/mol. The Morgan fingerprint density at radius 3 is 3.20 bits per heavy atom. The largest absolute Gasteiger partial charge is 0.463 e. The van der Waals surface area contributed by atoms with Crippen LogP contribution in [0.15, 0.2) is 24.4 Å². The van der Waals surface area contributed by atoms with Crippen LogP contribution in [-0.2, 0) is 16.1 Å². The molecular weight excluding hydrogens is 192 g/mol. The summed E-state index contributed by atoms with van der Waals surface area (Å²) in [5.74, 6) is -0.373. The molecule has 0 bridgehead atoms. The van der Waals surface area contributed by atoms with Crippen LogP contribution in [0.5, 0.6) is 0 Å². The molecule has 0 N–H and O–H groups in total. The van der Waals surface area contributed by atoms with E-state index < -0.39 is 0 Å². The van der Waals surface area contributed by atoms with Crippen molar-refractivity contribution in [2.75, 3.05) is 6.61 Å². The molecule has 1 rings (SSSR count). The number of rotatable bonds is 4. The molecule has 0 saturated heterocycles. The number of esters is 1. The van der Waals surface area contributed by atoms with Gasteiger partial charge < -0.3 is 9.30 Å². The van der Waals surface area contributed by atoms with Crippen molar-refractivity contribution in [3.63, 3.8) is 0 Å². The normalized spacial score (nSPS) is 10.1. The number of carbonyl (C=O) groups is 1. The number of nitriles is 1. The van der Waals surface area contributed by atoms with Crippen molar-refractivity contribution in [1.82, 2.24) is 4.57 Å². The highest BCUT2D eigenvalue weighted by Gasteiger charge is 1.98. The number of hydrogen-bond acceptors (Lipinski definition) is 3. The van der Waals surface area contributed by atoms with E-state index in [2.05, 4.69) is 0 Å². The minimum Gasteiger partial charge on any atom is -0.463 e. The van der Waals surface area contributed by atoms with E-state index in [1.165, 1.54) is 6.08 Å². The van der Waals surface area contributed by atoms with Crippen LogP contribution >= 0.6 is 0 Å². The highest BCUT2D eigenvalue weighted by Crippen LogP contribution is 2.04. The van der Waals surface area contributed by atoms with Crippen molar-refractivity contribution >= 4 is 12.0 Å². The molecule has 1 aromatic heterocycles. The van der Waals surface area contributed by atoms with Crippen molar-refractivity contribution in [1.29, 1.82) is 5.26 Å². The van der Waals surface area contributed by atoms with Crippen LogP contribution in [0.4, 0.5) is 0 Å². The highest BCUT2D eigenvalue weighted by molar-refractivity contribution is 5.86. The van der Waals surface area contributed by atoms with Gasteiger partial charge in [-0.2, -0.15) is 5.26 Å². The maximum Gasteiger partial charge on any atom is 0.330 e. The summed E-state index contributed by atoms with van der Waals surface area (Å²) >= 11 is 0. The molecule has 0 unspecified atom stereocenters. The Kier molecular flexibility index (Phi) is 4.17. The predicted octanol–water partition coefficient (Wildman–Crippen LogP) is 1.59. The summed E-state index contributed by atoms with van der Waals surface area (Å²) in [5, 5.41) is 8.54. The zero-order chi connectivity index (χ0) is 11.1. The molecule has 1 heterocycles. The van der Waals surface area contributed by atoms with Gasteiger partial charge in [-0.05, 0) is 25.1 Å². The third kappa shape index (κ3) is 3.31. The van der Waals surface area contributed by atoms with Gasteiger partial charge in [0.25, 0.3) is 0 Å². The molecule has 0 spiro atoms. The first-order chi connectivity index (χ1) is 7.27. The average Bonchev–Trinajstić information content (AvgIpc) is 2.64. The van der Waals surface area contributed by atoms with Gasteiger partial charge >= 0.3 is 5.97 Å². The monoisotopic (exact) mass is 204 g/mol. The molecule has 0 amide bonds. The van der Waals surface area contributed by atoms with E-state index in [0.29, 0.717) is 6.61 Å². The fraction of sp³-hybridized carbons (Fsp3) is 0.273. The zero-order valence-corrected chi connectivity index (χ0v) is 8.51. The lowest BCUT2D eigenvalue weighted by molar-refractivity contribution is -0.137. The van der Waals surface area contributed by atoms with E-state index in [9.17, 15) is 4.79 Å². The SMILES string of the molecule is CCOC(=O)/C=C/c1cccn1CC#N. The van der Waals surface area contributed by atoms with E-state index in [1.54, 1.807) is 23.8 Å². The van der Waals surface area contributed by atoms with E-state index in [-0.39, 0.29) is 12.5 Å². The van der Waals surface area contributed by atoms with Gasteiger partial charge in [-0.25, -0.2) is 4.79 Å². The summed E-state index contributed by atoms with van der Waals surface area (Å²) in [5.41, 5.74) is 0.810. The minimum absolute atomic E-state index is 0.273. The smallest absolute Gasteiger partial charge is 0.330 e. The third-order valence-corrected chi connectivity index (χ3v) is 1.78. The number of hydrogen-bond donors (Lipinski definition) is 0. The minimum atomic E-state index is -0.373. The molecule has 0 saturated carbocycles. The Bertz CT molecular complexity index is 399. The Hall–Kier alpha value is -2.02. The van der Waals surface area contributed by atoms with Crippen LogP contribution in [-0.4, -0.2) is 17.1 Å². The number of nitrogens with zero attached hydrogens (tertiary/aromatic N) is 2. The Labute approximate surface area is 88.4 Å². The fourth-order valence-corrected chi connectivity index (χ4v) is 1.14. The fourth-order valence-electron chi connectivity index (χ4n) is 1.14. The lowest BCUT2D eigenvalue weighted by Crippen LogP contribution is -2.00. The molecule has 0 radical (unpaired) electrons. The number of aromatic nitrogens is 1. The van der Waals surface area contributed by atoms with Gasteiger partial charge in [0.05, 0.1) is 12.7 Å². The molecule has 0 aliphatic carbocycles. The third-order valence-electron chi connectivity index (χ3n) is 1.78. The second-order valence-electron chi connectivity index (χ2n) is 2.80. The second-order valence-corrected chi connectivity index (χ2v) is 2.80. The number of ether oxygens (including phenoxy) is 1. The first kappa shape index (κ1) is 11.1. The predicted molar refractivity (Wildman–Crippen MR) is 55.7 cm³/mol. The Morgan fingerprint density at radius 2 is 2.53 bits per heavy atom. The van der Waals surface area contributed by atoms with Crippen molar-refractivity contribution in [2.45, 2.75) is 13.5 Å². The standard InChI is InChI=1S/C11H12N2O2/c1-2-15-11(14)6-5-10-4-3-8-13(10)9-7-12/h3-6,8H,2,9H2,1H3/b6-5+. The summed E-state index contributed by atoms with van der Waals surface area (Å²) in [4.78, 5) is 11.0. The molecule has 15 heavy (non-hydrogen) atoms. The lowest BCUT2D eigenvalue weighted by atomic mass is 10.3. The highest BCUT2D eigenvalue weighted by atomic mass is 16.5. The molecule has 4 nitrogen and oxygen atoms in total. The molecule has 0 fully saturated rings. The first-order valence-electron chi connectivity index (χ1n) is 4.65.